The standard InChI is InChI=1S/C29H26N2O3S/c1-5-33-25-15-26-22(23(16-34-26)20-9-6-17(2)7-10-20)14-21(25)19(4)13-28(32)31-29-30-24-11-8-18(3)12-27(24)35-29/h6-16H,5H2,1-4H3,(H,30,31,32)/b19-13+. The van der Waals surface area contributed by atoms with Gasteiger partial charge in [-0.2, -0.15) is 0 Å². The first-order chi connectivity index (χ1) is 16.9. The second kappa shape index (κ2) is 9.39. The van der Waals surface area contributed by atoms with Crippen LogP contribution in [0.4, 0.5) is 5.13 Å². The number of fused-ring (bicyclic) bond motifs is 2. The van der Waals surface area contributed by atoms with Crippen LogP contribution in [-0.4, -0.2) is 17.5 Å². The summed E-state index contributed by atoms with van der Waals surface area (Å²) in [6, 6.07) is 18.4. The van der Waals surface area contributed by atoms with Crippen LogP contribution in [0, 0.1) is 13.8 Å². The molecule has 0 aliphatic rings. The van der Waals surface area contributed by atoms with Crippen molar-refractivity contribution in [3.05, 3.63) is 83.6 Å². The van der Waals surface area contributed by atoms with Crippen LogP contribution in [-0.2, 0) is 4.79 Å². The van der Waals surface area contributed by atoms with Crippen LogP contribution in [0.1, 0.15) is 30.5 Å². The highest BCUT2D eigenvalue weighted by Gasteiger charge is 2.16. The Labute approximate surface area is 208 Å². The molecule has 0 spiro atoms. The summed E-state index contributed by atoms with van der Waals surface area (Å²) >= 11 is 1.47. The van der Waals surface area contributed by atoms with Crippen molar-refractivity contribution < 1.29 is 13.9 Å². The van der Waals surface area contributed by atoms with Crippen LogP contribution in [0.15, 0.2) is 71.4 Å². The summed E-state index contributed by atoms with van der Waals surface area (Å²) in [5.41, 5.74) is 7.72. The normalized spacial score (nSPS) is 11.8. The molecule has 35 heavy (non-hydrogen) atoms. The maximum Gasteiger partial charge on any atom is 0.250 e. The topological polar surface area (TPSA) is 64.4 Å². The summed E-state index contributed by atoms with van der Waals surface area (Å²) in [7, 11) is 0. The Bertz CT molecular complexity index is 1580. The first kappa shape index (κ1) is 22.9. The molecule has 0 radical (unpaired) electrons. The lowest BCUT2D eigenvalue weighted by atomic mass is 9.99. The molecule has 0 unspecified atom stereocenters. The van der Waals surface area contributed by atoms with Gasteiger partial charge in [-0.1, -0.05) is 47.2 Å². The number of aromatic nitrogens is 1. The van der Waals surface area contributed by atoms with Gasteiger partial charge in [-0.3, -0.25) is 10.1 Å². The number of carbonyl (C=O) groups excluding carboxylic acids is 1. The van der Waals surface area contributed by atoms with Crippen molar-refractivity contribution in [2.75, 3.05) is 11.9 Å². The first-order valence-electron chi connectivity index (χ1n) is 11.5. The minimum atomic E-state index is -0.230. The highest BCUT2D eigenvalue weighted by atomic mass is 32.1. The van der Waals surface area contributed by atoms with Crippen molar-refractivity contribution in [1.29, 1.82) is 0 Å². The number of ether oxygens (including phenoxy) is 1. The molecule has 0 fully saturated rings. The fourth-order valence-electron chi connectivity index (χ4n) is 4.10. The molecular weight excluding hydrogens is 456 g/mol. The molecular formula is C29H26N2O3S. The molecule has 0 saturated heterocycles. The second-order valence-electron chi connectivity index (χ2n) is 8.60. The fraction of sp³-hybridized carbons (Fsp3) is 0.172. The van der Waals surface area contributed by atoms with E-state index in [1.165, 1.54) is 16.9 Å². The van der Waals surface area contributed by atoms with Crippen LogP contribution < -0.4 is 10.1 Å². The molecule has 0 atom stereocenters. The molecule has 0 aliphatic carbocycles. The van der Waals surface area contributed by atoms with Crippen molar-refractivity contribution in [2.24, 2.45) is 0 Å². The smallest absolute Gasteiger partial charge is 0.250 e. The van der Waals surface area contributed by atoms with Gasteiger partial charge in [0.15, 0.2) is 5.13 Å². The summed E-state index contributed by atoms with van der Waals surface area (Å²) in [5, 5.41) is 4.46. The zero-order valence-electron chi connectivity index (χ0n) is 20.1. The Morgan fingerprint density at radius 2 is 1.86 bits per heavy atom. The van der Waals surface area contributed by atoms with Gasteiger partial charge in [-0.15, -0.1) is 0 Å². The molecule has 2 aromatic heterocycles. The van der Waals surface area contributed by atoms with E-state index in [0.717, 1.165) is 49.0 Å². The number of carbonyl (C=O) groups is 1. The second-order valence-corrected chi connectivity index (χ2v) is 9.63. The highest BCUT2D eigenvalue weighted by Crippen LogP contribution is 2.37. The minimum Gasteiger partial charge on any atom is -0.493 e. The molecule has 5 rings (SSSR count). The van der Waals surface area contributed by atoms with E-state index in [2.05, 4.69) is 47.6 Å². The molecule has 1 amide bonds. The monoisotopic (exact) mass is 482 g/mol. The molecule has 0 aliphatic heterocycles. The average Bonchev–Trinajstić information content (AvgIpc) is 3.41. The molecule has 6 heteroatoms. The Morgan fingerprint density at radius 1 is 1.09 bits per heavy atom. The maximum atomic E-state index is 12.9. The minimum absolute atomic E-state index is 0.230. The van der Waals surface area contributed by atoms with Crippen molar-refractivity contribution in [2.45, 2.75) is 27.7 Å². The first-order valence-corrected chi connectivity index (χ1v) is 12.3. The zero-order chi connectivity index (χ0) is 24.5. The number of aryl methyl sites for hydroxylation is 2. The third kappa shape index (κ3) is 4.70. The van der Waals surface area contributed by atoms with Gasteiger partial charge in [-0.25, -0.2) is 4.98 Å². The number of thiazole rings is 1. The van der Waals surface area contributed by atoms with Gasteiger partial charge in [0.2, 0.25) is 5.91 Å². The number of nitrogens with one attached hydrogen (secondary N) is 1. The summed E-state index contributed by atoms with van der Waals surface area (Å²) in [6.45, 7) is 8.47. The van der Waals surface area contributed by atoms with Gasteiger partial charge in [0.1, 0.15) is 11.3 Å². The lowest BCUT2D eigenvalue weighted by molar-refractivity contribution is -0.111. The third-order valence-corrected chi connectivity index (χ3v) is 6.82. The number of rotatable bonds is 6. The summed E-state index contributed by atoms with van der Waals surface area (Å²) in [4.78, 5) is 17.4. The molecule has 176 valence electrons. The average molecular weight is 483 g/mol. The van der Waals surface area contributed by atoms with Crippen LogP contribution >= 0.6 is 11.3 Å². The largest absolute Gasteiger partial charge is 0.493 e. The van der Waals surface area contributed by atoms with Crippen LogP contribution in [0.3, 0.4) is 0 Å². The predicted molar refractivity (Wildman–Crippen MR) is 144 cm³/mol. The Kier molecular flexibility index (Phi) is 6.14. The zero-order valence-corrected chi connectivity index (χ0v) is 21.0. The van der Waals surface area contributed by atoms with Gasteiger partial charge >= 0.3 is 0 Å². The number of benzene rings is 3. The van der Waals surface area contributed by atoms with Crippen molar-refractivity contribution in [1.82, 2.24) is 4.98 Å². The van der Waals surface area contributed by atoms with E-state index < -0.39 is 0 Å². The van der Waals surface area contributed by atoms with Gasteiger partial charge in [0.25, 0.3) is 0 Å². The van der Waals surface area contributed by atoms with E-state index in [1.807, 2.05) is 45.0 Å². The van der Waals surface area contributed by atoms with E-state index in [0.29, 0.717) is 17.5 Å². The Morgan fingerprint density at radius 3 is 2.63 bits per heavy atom. The Hall–Kier alpha value is -3.90. The number of hydrogen-bond donors (Lipinski definition) is 1. The number of anilines is 1. The molecule has 3 aromatic carbocycles. The van der Waals surface area contributed by atoms with E-state index in [9.17, 15) is 4.79 Å². The quantitative estimate of drug-likeness (QED) is 0.251. The van der Waals surface area contributed by atoms with Crippen molar-refractivity contribution in [3.63, 3.8) is 0 Å². The number of allylic oxidation sites excluding steroid dienone is 1. The van der Waals surface area contributed by atoms with E-state index in [1.54, 1.807) is 12.3 Å². The molecule has 0 saturated carbocycles. The lowest BCUT2D eigenvalue weighted by Gasteiger charge is -2.11. The number of furan rings is 1. The third-order valence-electron chi connectivity index (χ3n) is 5.88. The van der Waals surface area contributed by atoms with Crippen molar-refractivity contribution in [3.8, 4) is 16.9 Å². The highest BCUT2D eigenvalue weighted by molar-refractivity contribution is 7.22. The molecule has 5 nitrogen and oxygen atoms in total. The predicted octanol–water partition coefficient (Wildman–Crippen LogP) is 7.77. The SMILES string of the molecule is CCOc1cc2occ(-c3ccc(C)cc3)c2cc1/C(C)=C/C(=O)Nc1nc2ccc(C)cc2s1. The number of hydrogen-bond acceptors (Lipinski definition) is 5. The summed E-state index contributed by atoms with van der Waals surface area (Å²) < 4.78 is 12.8. The maximum absolute atomic E-state index is 12.9. The number of amides is 1. The summed E-state index contributed by atoms with van der Waals surface area (Å²) in [5.74, 6) is 0.452. The molecule has 2 heterocycles. The van der Waals surface area contributed by atoms with Gasteiger partial charge in [0.05, 0.1) is 23.1 Å². The summed E-state index contributed by atoms with van der Waals surface area (Å²) in [6.07, 6.45) is 3.36. The number of nitrogens with zero attached hydrogens (tertiary/aromatic N) is 1. The van der Waals surface area contributed by atoms with Crippen molar-refractivity contribution >= 4 is 49.1 Å². The van der Waals surface area contributed by atoms with Gasteiger partial charge < -0.3 is 9.15 Å². The van der Waals surface area contributed by atoms with Gasteiger partial charge in [0, 0.05) is 28.7 Å². The van der Waals surface area contributed by atoms with Crippen LogP contribution in [0.25, 0.3) is 37.9 Å². The van der Waals surface area contributed by atoms with Crippen LogP contribution in [0.2, 0.25) is 0 Å². The molecule has 5 aromatic rings. The molecule has 1 N–H and O–H groups in total. The van der Waals surface area contributed by atoms with E-state index >= 15 is 0 Å². The lowest BCUT2D eigenvalue weighted by Crippen LogP contribution is -2.08. The van der Waals surface area contributed by atoms with E-state index in [4.69, 9.17) is 9.15 Å². The fourth-order valence-corrected chi connectivity index (χ4v) is 5.06. The van der Waals surface area contributed by atoms with Gasteiger partial charge in [-0.05, 0) is 62.6 Å². The van der Waals surface area contributed by atoms with E-state index in [-0.39, 0.29) is 5.91 Å². The Balaban J connectivity index is 1.49. The van der Waals surface area contributed by atoms with Crippen LogP contribution in [0.5, 0.6) is 5.75 Å². The molecule has 0 bridgehead atoms.